The van der Waals surface area contributed by atoms with Crippen molar-refractivity contribution in [2.24, 2.45) is 28.9 Å². The Hall–Kier alpha value is -0.0400. The summed E-state index contributed by atoms with van der Waals surface area (Å²) in [6, 6.07) is 0.561. The third-order valence-corrected chi connectivity index (χ3v) is 5.96. The number of fused-ring (bicyclic) bond motifs is 3. The monoisotopic (exact) mass is 207 g/mol. The van der Waals surface area contributed by atoms with E-state index in [2.05, 4.69) is 6.92 Å². The van der Waals surface area contributed by atoms with Gasteiger partial charge in [0, 0.05) is 6.04 Å². The fourth-order valence-corrected chi connectivity index (χ4v) is 5.09. The van der Waals surface area contributed by atoms with Gasteiger partial charge in [0.2, 0.25) is 0 Å². The largest absolute Gasteiger partial charge is 0.327 e. The van der Waals surface area contributed by atoms with Gasteiger partial charge in [0.05, 0.1) is 0 Å². The molecule has 0 amide bonds. The van der Waals surface area contributed by atoms with Gasteiger partial charge in [-0.25, -0.2) is 0 Å². The quantitative estimate of drug-likeness (QED) is 0.701. The predicted octanol–water partition coefficient (Wildman–Crippen LogP) is 3.33. The molecule has 0 aromatic carbocycles. The summed E-state index contributed by atoms with van der Waals surface area (Å²) in [6.45, 7) is 2.36. The highest BCUT2D eigenvalue weighted by molar-refractivity contribution is 5.09. The zero-order valence-electron chi connectivity index (χ0n) is 10.0. The van der Waals surface area contributed by atoms with Crippen molar-refractivity contribution in [1.29, 1.82) is 0 Å². The van der Waals surface area contributed by atoms with Gasteiger partial charge in [-0.1, -0.05) is 26.2 Å². The molecule has 3 fully saturated rings. The summed E-state index contributed by atoms with van der Waals surface area (Å²) < 4.78 is 0. The SMILES string of the molecule is CCC1CCCC2(C1)C1CC[C@H](C1)[C@H]2N. The Morgan fingerprint density at radius 2 is 2.13 bits per heavy atom. The van der Waals surface area contributed by atoms with E-state index < -0.39 is 0 Å². The van der Waals surface area contributed by atoms with Crippen LogP contribution in [0.1, 0.15) is 58.3 Å². The van der Waals surface area contributed by atoms with Gasteiger partial charge in [-0.05, 0) is 55.3 Å². The van der Waals surface area contributed by atoms with Crippen LogP contribution in [0.3, 0.4) is 0 Å². The predicted molar refractivity (Wildman–Crippen MR) is 63.5 cm³/mol. The van der Waals surface area contributed by atoms with Gasteiger partial charge in [-0.15, -0.1) is 0 Å². The van der Waals surface area contributed by atoms with Crippen molar-refractivity contribution < 1.29 is 0 Å². The molecule has 86 valence electrons. The van der Waals surface area contributed by atoms with Crippen molar-refractivity contribution in [3.63, 3.8) is 0 Å². The summed E-state index contributed by atoms with van der Waals surface area (Å²) >= 11 is 0. The zero-order valence-corrected chi connectivity index (χ0v) is 10.0. The van der Waals surface area contributed by atoms with Gasteiger partial charge < -0.3 is 5.73 Å². The fraction of sp³-hybridized carbons (Fsp3) is 1.00. The maximum Gasteiger partial charge on any atom is 0.0127 e. The summed E-state index contributed by atoms with van der Waals surface area (Å²) in [6.07, 6.45) is 11.6. The maximum absolute atomic E-state index is 6.55. The molecule has 3 unspecified atom stereocenters. The summed E-state index contributed by atoms with van der Waals surface area (Å²) in [5.74, 6) is 2.89. The molecule has 1 nitrogen and oxygen atoms in total. The van der Waals surface area contributed by atoms with Crippen LogP contribution in [0.2, 0.25) is 0 Å². The Bertz CT molecular complexity index is 246. The van der Waals surface area contributed by atoms with Crippen molar-refractivity contribution in [3.05, 3.63) is 0 Å². The number of rotatable bonds is 1. The summed E-state index contributed by atoms with van der Waals surface area (Å²) in [5.41, 5.74) is 7.15. The second kappa shape index (κ2) is 3.48. The first-order chi connectivity index (χ1) is 7.26. The minimum absolute atomic E-state index is 0.561. The lowest BCUT2D eigenvalue weighted by atomic mass is 9.59. The van der Waals surface area contributed by atoms with Gasteiger partial charge in [0.1, 0.15) is 0 Å². The molecule has 0 saturated heterocycles. The smallest absolute Gasteiger partial charge is 0.0127 e. The normalized spacial score (nSPS) is 54.0. The average molecular weight is 207 g/mol. The zero-order chi connectivity index (χ0) is 10.5. The molecule has 0 radical (unpaired) electrons. The molecular weight excluding hydrogens is 182 g/mol. The molecule has 0 aromatic rings. The number of hydrogen-bond donors (Lipinski definition) is 1. The molecule has 3 rings (SSSR count). The number of nitrogens with two attached hydrogens (primary N) is 1. The van der Waals surface area contributed by atoms with Crippen LogP contribution in [0.5, 0.6) is 0 Å². The van der Waals surface area contributed by atoms with E-state index >= 15 is 0 Å². The molecule has 3 saturated carbocycles. The lowest BCUT2D eigenvalue weighted by Crippen LogP contribution is -2.48. The molecule has 3 aliphatic rings. The minimum atomic E-state index is 0.561. The average Bonchev–Trinajstić information content (AvgIpc) is 2.84. The second-order valence-electron chi connectivity index (χ2n) is 6.40. The van der Waals surface area contributed by atoms with Gasteiger partial charge in [0.15, 0.2) is 0 Å². The minimum Gasteiger partial charge on any atom is -0.327 e. The van der Waals surface area contributed by atoms with Gasteiger partial charge in [-0.2, -0.15) is 0 Å². The Morgan fingerprint density at radius 3 is 2.80 bits per heavy atom. The molecule has 2 bridgehead atoms. The van der Waals surface area contributed by atoms with Crippen molar-refractivity contribution in [2.45, 2.75) is 64.3 Å². The van der Waals surface area contributed by atoms with Crippen molar-refractivity contribution in [3.8, 4) is 0 Å². The molecule has 1 spiro atoms. The van der Waals surface area contributed by atoms with E-state index in [1.54, 1.807) is 0 Å². The van der Waals surface area contributed by atoms with Crippen LogP contribution < -0.4 is 5.73 Å². The molecule has 3 aliphatic carbocycles. The van der Waals surface area contributed by atoms with Crippen LogP contribution >= 0.6 is 0 Å². The maximum atomic E-state index is 6.55. The highest BCUT2D eigenvalue weighted by Gasteiger charge is 2.57. The summed E-state index contributed by atoms with van der Waals surface area (Å²) in [7, 11) is 0. The van der Waals surface area contributed by atoms with E-state index in [9.17, 15) is 0 Å². The highest BCUT2D eigenvalue weighted by Crippen LogP contribution is 2.61. The second-order valence-corrected chi connectivity index (χ2v) is 6.40. The lowest BCUT2D eigenvalue weighted by Gasteiger charge is -2.47. The fourth-order valence-electron chi connectivity index (χ4n) is 5.09. The topological polar surface area (TPSA) is 26.0 Å². The Kier molecular flexibility index (Phi) is 2.35. The molecule has 15 heavy (non-hydrogen) atoms. The van der Waals surface area contributed by atoms with Crippen LogP contribution in [-0.4, -0.2) is 6.04 Å². The van der Waals surface area contributed by atoms with Gasteiger partial charge >= 0.3 is 0 Å². The Morgan fingerprint density at radius 1 is 1.27 bits per heavy atom. The molecule has 2 N–H and O–H groups in total. The van der Waals surface area contributed by atoms with E-state index in [0.29, 0.717) is 11.5 Å². The summed E-state index contributed by atoms with van der Waals surface area (Å²) in [4.78, 5) is 0. The standard InChI is InChI=1S/C14H25N/c1-2-10-4-3-7-14(9-10)12-6-5-11(8-12)13(14)15/h10-13H,2-9,15H2,1H3/t10?,11-,12?,13-,14?/m1/s1. The molecule has 0 heterocycles. The van der Waals surface area contributed by atoms with Crippen LogP contribution in [0.15, 0.2) is 0 Å². The van der Waals surface area contributed by atoms with E-state index in [4.69, 9.17) is 5.73 Å². The molecule has 1 heteroatoms. The third kappa shape index (κ3) is 1.32. The Labute approximate surface area is 93.8 Å². The Balaban J connectivity index is 1.83. The summed E-state index contributed by atoms with van der Waals surface area (Å²) in [5, 5.41) is 0. The van der Waals surface area contributed by atoms with E-state index in [-0.39, 0.29) is 0 Å². The van der Waals surface area contributed by atoms with Crippen LogP contribution in [-0.2, 0) is 0 Å². The molecule has 5 atom stereocenters. The van der Waals surface area contributed by atoms with E-state index in [0.717, 1.165) is 17.8 Å². The van der Waals surface area contributed by atoms with Crippen molar-refractivity contribution in [1.82, 2.24) is 0 Å². The third-order valence-electron chi connectivity index (χ3n) is 5.96. The van der Waals surface area contributed by atoms with Gasteiger partial charge in [0.25, 0.3) is 0 Å². The lowest BCUT2D eigenvalue weighted by molar-refractivity contribution is 0.0471. The van der Waals surface area contributed by atoms with Crippen LogP contribution in [0, 0.1) is 23.2 Å². The number of hydrogen-bond acceptors (Lipinski definition) is 1. The highest BCUT2D eigenvalue weighted by atomic mass is 14.8. The van der Waals surface area contributed by atoms with Crippen LogP contribution in [0.4, 0.5) is 0 Å². The van der Waals surface area contributed by atoms with Crippen molar-refractivity contribution >= 4 is 0 Å². The first-order valence-corrected chi connectivity index (χ1v) is 7.02. The first kappa shape index (κ1) is 10.1. The molecule has 0 aromatic heterocycles. The molecule has 0 aliphatic heterocycles. The van der Waals surface area contributed by atoms with Crippen molar-refractivity contribution in [2.75, 3.05) is 0 Å². The first-order valence-electron chi connectivity index (χ1n) is 7.02. The molecular formula is C14H25N. The van der Waals surface area contributed by atoms with E-state index in [1.165, 1.54) is 51.4 Å². The van der Waals surface area contributed by atoms with Gasteiger partial charge in [-0.3, -0.25) is 0 Å². The van der Waals surface area contributed by atoms with Crippen LogP contribution in [0.25, 0.3) is 0 Å². The van der Waals surface area contributed by atoms with E-state index in [1.807, 2.05) is 0 Å².